The molecule has 2 unspecified atom stereocenters. The summed E-state index contributed by atoms with van der Waals surface area (Å²) in [6, 6.07) is 1.92. The maximum absolute atomic E-state index is 13.6. The van der Waals surface area contributed by atoms with Gasteiger partial charge in [0.25, 0.3) is 0 Å². The number of halogens is 3. The Bertz CT molecular complexity index is 901. The molecule has 0 radical (unpaired) electrons. The summed E-state index contributed by atoms with van der Waals surface area (Å²) in [6.07, 6.45) is -4.25. The smallest absolute Gasteiger partial charge is 0.420 e. The summed E-state index contributed by atoms with van der Waals surface area (Å²) < 4.78 is 51.2. The van der Waals surface area contributed by atoms with E-state index in [0.717, 1.165) is 12.5 Å². The Labute approximate surface area is 166 Å². The number of aliphatic hydroxyl groups is 1. The number of nitrogens with zero attached hydrogens (tertiary/aromatic N) is 2. The molecule has 1 fully saturated rings. The average molecular weight is 414 g/mol. The second-order valence-electron chi connectivity index (χ2n) is 8.40. The van der Waals surface area contributed by atoms with Crippen LogP contribution in [0.5, 0.6) is 0 Å². The second-order valence-corrected chi connectivity index (χ2v) is 8.40. The zero-order chi connectivity index (χ0) is 21.6. The Morgan fingerprint density at radius 1 is 1.31 bits per heavy atom. The molecule has 1 aliphatic carbocycles. The van der Waals surface area contributed by atoms with Crippen molar-refractivity contribution >= 4 is 17.2 Å². The highest BCUT2D eigenvalue weighted by atomic mass is 19.4. The number of aromatic nitrogens is 1. The first-order valence-electron chi connectivity index (χ1n) is 9.50. The second kappa shape index (κ2) is 7.51. The molecule has 160 valence electrons. The van der Waals surface area contributed by atoms with Gasteiger partial charge in [-0.25, -0.2) is 9.78 Å². The molecule has 1 aromatic carbocycles. The molecule has 1 heterocycles. The largest absolute Gasteiger partial charge is 0.444 e. The van der Waals surface area contributed by atoms with Crippen LogP contribution in [0.2, 0.25) is 0 Å². The van der Waals surface area contributed by atoms with Crippen molar-refractivity contribution in [2.75, 3.05) is 0 Å². The van der Waals surface area contributed by atoms with Crippen LogP contribution in [-0.2, 0) is 17.5 Å². The fourth-order valence-corrected chi connectivity index (χ4v) is 3.62. The van der Waals surface area contributed by atoms with Crippen LogP contribution in [0, 0.1) is 6.92 Å². The molecule has 1 N–H and O–H groups in total. The molecular weight excluding hydrogens is 389 g/mol. The minimum atomic E-state index is -4.64. The number of hydrogen-bond donors (Lipinski definition) is 1. The van der Waals surface area contributed by atoms with Crippen molar-refractivity contribution in [1.29, 1.82) is 0 Å². The fourth-order valence-electron chi connectivity index (χ4n) is 3.62. The molecule has 29 heavy (non-hydrogen) atoms. The molecule has 1 aliphatic rings. The van der Waals surface area contributed by atoms with Gasteiger partial charge < -0.3 is 14.3 Å². The zero-order valence-corrected chi connectivity index (χ0v) is 16.8. The monoisotopic (exact) mass is 414 g/mol. The number of amides is 1. The van der Waals surface area contributed by atoms with Crippen LogP contribution in [0.15, 0.2) is 16.5 Å². The molecule has 0 bridgehead atoms. The first-order valence-corrected chi connectivity index (χ1v) is 9.50. The van der Waals surface area contributed by atoms with E-state index in [2.05, 4.69) is 4.98 Å². The number of alkyl halides is 3. The third-order valence-corrected chi connectivity index (χ3v) is 4.79. The van der Waals surface area contributed by atoms with Crippen LogP contribution in [-0.4, -0.2) is 38.8 Å². The van der Waals surface area contributed by atoms with Crippen molar-refractivity contribution in [3.8, 4) is 0 Å². The lowest BCUT2D eigenvalue weighted by atomic mass is 10.1. The van der Waals surface area contributed by atoms with Crippen molar-refractivity contribution in [1.82, 2.24) is 9.88 Å². The van der Waals surface area contributed by atoms with Crippen LogP contribution in [0.3, 0.4) is 0 Å². The molecule has 1 amide bonds. The maximum Gasteiger partial charge on any atom is 0.420 e. The van der Waals surface area contributed by atoms with Crippen LogP contribution >= 0.6 is 0 Å². The van der Waals surface area contributed by atoms with Crippen LogP contribution in [0.1, 0.15) is 57.1 Å². The van der Waals surface area contributed by atoms with Gasteiger partial charge in [0.1, 0.15) is 16.7 Å². The molecule has 2 atom stereocenters. The predicted octanol–water partition coefficient (Wildman–Crippen LogP) is 4.81. The van der Waals surface area contributed by atoms with Crippen molar-refractivity contribution in [2.45, 2.75) is 77.4 Å². The molecule has 3 rings (SSSR count). The molecule has 6 nitrogen and oxygen atoms in total. The van der Waals surface area contributed by atoms with Crippen molar-refractivity contribution in [3.05, 3.63) is 29.2 Å². The molecule has 1 aromatic heterocycles. The standard InChI is InChI=1S/C20H25F3N2O4/c1-11-24-14-9-12(8-13(17(14)28-11)20(21,22)23)10-25(15-6-5-7-16(15)26)18(27)29-19(2,3)4/h8-9,15-16,26H,5-7,10H2,1-4H3. The van der Waals surface area contributed by atoms with Gasteiger partial charge in [0.15, 0.2) is 11.5 Å². The van der Waals surface area contributed by atoms with E-state index in [-0.39, 0.29) is 29.1 Å². The summed E-state index contributed by atoms with van der Waals surface area (Å²) in [5.41, 5.74) is -1.74. The van der Waals surface area contributed by atoms with E-state index in [1.807, 2.05) is 0 Å². The normalized spacial score (nSPS) is 20.3. The van der Waals surface area contributed by atoms with Gasteiger partial charge in [-0.3, -0.25) is 4.90 Å². The zero-order valence-electron chi connectivity index (χ0n) is 16.8. The van der Waals surface area contributed by atoms with Crippen molar-refractivity contribution in [2.24, 2.45) is 0 Å². The van der Waals surface area contributed by atoms with Gasteiger partial charge in [0, 0.05) is 13.5 Å². The third-order valence-electron chi connectivity index (χ3n) is 4.79. The Morgan fingerprint density at radius 2 is 2.00 bits per heavy atom. The SMILES string of the molecule is Cc1nc2cc(CN(C(=O)OC(C)(C)C)C3CCCC3O)cc(C(F)(F)F)c2o1. The molecule has 0 aliphatic heterocycles. The summed E-state index contributed by atoms with van der Waals surface area (Å²) in [7, 11) is 0. The Morgan fingerprint density at radius 3 is 2.55 bits per heavy atom. The number of carbonyl (C=O) groups is 1. The summed E-state index contributed by atoms with van der Waals surface area (Å²) in [5, 5.41) is 10.3. The van der Waals surface area contributed by atoms with Gasteiger partial charge >= 0.3 is 12.3 Å². The minimum Gasteiger partial charge on any atom is -0.444 e. The van der Waals surface area contributed by atoms with Crippen molar-refractivity contribution < 1.29 is 32.2 Å². The maximum atomic E-state index is 13.6. The van der Waals surface area contributed by atoms with Gasteiger partial charge in [-0.2, -0.15) is 13.2 Å². The number of ether oxygens (including phenoxy) is 1. The number of aryl methyl sites for hydroxylation is 1. The van der Waals surface area contributed by atoms with Crippen LogP contribution in [0.25, 0.3) is 11.1 Å². The van der Waals surface area contributed by atoms with Gasteiger partial charge in [-0.15, -0.1) is 0 Å². The highest BCUT2D eigenvalue weighted by Crippen LogP contribution is 2.37. The van der Waals surface area contributed by atoms with E-state index in [1.54, 1.807) is 20.8 Å². The number of fused-ring (bicyclic) bond motifs is 1. The first-order chi connectivity index (χ1) is 13.3. The van der Waals surface area contributed by atoms with Gasteiger partial charge in [-0.05, 0) is 57.7 Å². The van der Waals surface area contributed by atoms with E-state index in [4.69, 9.17) is 9.15 Å². The number of aliphatic hydroxyl groups excluding tert-OH is 1. The van der Waals surface area contributed by atoms with Gasteiger partial charge in [0.2, 0.25) is 0 Å². The van der Waals surface area contributed by atoms with Crippen LogP contribution < -0.4 is 0 Å². The van der Waals surface area contributed by atoms with E-state index in [1.165, 1.54) is 17.9 Å². The fraction of sp³-hybridized carbons (Fsp3) is 0.600. The van der Waals surface area contributed by atoms with E-state index < -0.39 is 35.6 Å². The molecule has 2 aromatic rings. The number of rotatable bonds is 3. The van der Waals surface area contributed by atoms with Crippen molar-refractivity contribution in [3.63, 3.8) is 0 Å². The topological polar surface area (TPSA) is 75.8 Å². The predicted molar refractivity (Wildman–Crippen MR) is 99.2 cm³/mol. The molecule has 1 saturated carbocycles. The first kappa shape index (κ1) is 21.4. The Balaban J connectivity index is 2.00. The molecule has 0 saturated heterocycles. The number of benzene rings is 1. The third kappa shape index (κ3) is 4.83. The summed E-state index contributed by atoms with van der Waals surface area (Å²) in [4.78, 5) is 18.1. The van der Waals surface area contributed by atoms with E-state index >= 15 is 0 Å². The molecule has 9 heteroatoms. The minimum absolute atomic E-state index is 0.0726. The lowest BCUT2D eigenvalue weighted by Crippen LogP contribution is -2.46. The summed E-state index contributed by atoms with van der Waals surface area (Å²) in [6.45, 7) is 6.46. The highest BCUT2D eigenvalue weighted by molar-refractivity contribution is 5.78. The van der Waals surface area contributed by atoms with Crippen LogP contribution in [0.4, 0.5) is 18.0 Å². The number of hydrogen-bond acceptors (Lipinski definition) is 5. The quantitative estimate of drug-likeness (QED) is 0.780. The van der Waals surface area contributed by atoms with E-state index in [9.17, 15) is 23.1 Å². The number of oxazole rings is 1. The highest BCUT2D eigenvalue weighted by Gasteiger charge is 2.38. The number of carbonyl (C=O) groups excluding carboxylic acids is 1. The molecular formula is C20H25F3N2O4. The average Bonchev–Trinajstić information content (AvgIpc) is 3.13. The van der Waals surface area contributed by atoms with E-state index in [0.29, 0.717) is 12.8 Å². The Kier molecular flexibility index (Phi) is 5.55. The lowest BCUT2D eigenvalue weighted by Gasteiger charge is -2.33. The lowest BCUT2D eigenvalue weighted by molar-refractivity contribution is -0.136. The van der Waals surface area contributed by atoms with Gasteiger partial charge in [-0.1, -0.05) is 0 Å². The molecule has 0 spiro atoms. The van der Waals surface area contributed by atoms with Gasteiger partial charge in [0.05, 0.1) is 12.1 Å². The summed E-state index contributed by atoms with van der Waals surface area (Å²) in [5.74, 6) is 0.123. The Hall–Kier alpha value is -2.29. The summed E-state index contributed by atoms with van der Waals surface area (Å²) >= 11 is 0.